The van der Waals surface area contributed by atoms with Gasteiger partial charge >= 0.3 is 0 Å². The molecule has 1 N–H and O–H groups in total. The van der Waals surface area contributed by atoms with E-state index in [1.165, 1.54) is 6.07 Å². The second-order valence-electron chi connectivity index (χ2n) is 8.23. The van der Waals surface area contributed by atoms with E-state index in [1.807, 2.05) is 42.5 Å². The molecular weight excluding hydrogens is 410 g/mol. The minimum Gasteiger partial charge on any atom is -0.381 e. The number of benzene rings is 2. The molecule has 1 aromatic heterocycles. The van der Waals surface area contributed by atoms with Crippen LogP contribution in [0.25, 0.3) is 11.1 Å². The number of hydrogen-bond donors (Lipinski definition) is 1. The number of carbonyl (C=O) groups is 1. The predicted molar refractivity (Wildman–Crippen MR) is 119 cm³/mol. The highest BCUT2D eigenvalue weighted by Gasteiger charge is 2.40. The second kappa shape index (κ2) is 10.0. The first-order valence-corrected chi connectivity index (χ1v) is 10.9. The highest BCUT2D eigenvalue weighted by molar-refractivity contribution is 5.83. The first-order valence-electron chi connectivity index (χ1n) is 10.9. The van der Waals surface area contributed by atoms with Gasteiger partial charge in [0, 0.05) is 38.1 Å². The van der Waals surface area contributed by atoms with Crippen LogP contribution in [0.5, 0.6) is 0 Å². The van der Waals surface area contributed by atoms with E-state index < -0.39 is 17.0 Å². The van der Waals surface area contributed by atoms with Crippen molar-refractivity contribution < 1.29 is 18.3 Å². The van der Waals surface area contributed by atoms with Crippen LogP contribution in [0.1, 0.15) is 24.1 Å². The van der Waals surface area contributed by atoms with Crippen LogP contribution in [-0.2, 0) is 22.4 Å². The van der Waals surface area contributed by atoms with Crippen molar-refractivity contribution in [3.63, 3.8) is 0 Å². The summed E-state index contributed by atoms with van der Waals surface area (Å²) in [6.07, 6.45) is 4.25. The third kappa shape index (κ3) is 5.19. The van der Waals surface area contributed by atoms with Gasteiger partial charge in [-0.25, -0.2) is 8.78 Å². The first-order chi connectivity index (χ1) is 15.6. The van der Waals surface area contributed by atoms with Gasteiger partial charge in [-0.15, -0.1) is 0 Å². The Morgan fingerprint density at radius 2 is 1.78 bits per heavy atom. The van der Waals surface area contributed by atoms with Crippen molar-refractivity contribution in [2.75, 3.05) is 19.8 Å². The van der Waals surface area contributed by atoms with Gasteiger partial charge in [-0.2, -0.15) is 0 Å². The molecule has 1 aliphatic rings. The molecule has 6 heteroatoms. The van der Waals surface area contributed by atoms with Crippen molar-refractivity contribution in [1.29, 1.82) is 0 Å². The zero-order valence-corrected chi connectivity index (χ0v) is 17.8. The molecule has 0 aliphatic carbocycles. The third-order valence-electron chi connectivity index (χ3n) is 6.05. The maximum atomic E-state index is 13.7. The summed E-state index contributed by atoms with van der Waals surface area (Å²) in [4.78, 5) is 17.6. The van der Waals surface area contributed by atoms with Gasteiger partial charge in [-0.1, -0.05) is 36.4 Å². The molecule has 0 radical (unpaired) electrons. The summed E-state index contributed by atoms with van der Waals surface area (Å²) >= 11 is 0. The average Bonchev–Trinajstić information content (AvgIpc) is 2.82. The number of rotatable bonds is 7. The van der Waals surface area contributed by atoms with E-state index in [1.54, 1.807) is 12.3 Å². The van der Waals surface area contributed by atoms with Gasteiger partial charge < -0.3 is 10.1 Å². The lowest BCUT2D eigenvalue weighted by atomic mass is 9.74. The lowest BCUT2D eigenvalue weighted by Gasteiger charge is -2.36. The summed E-state index contributed by atoms with van der Waals surface area (Å²) in [5.74, 6) is -1.72. The van der Waals surface area contributed by atoms with Crippen LogP contribution < -0.4 is 5.32 Å². The van der Waals surface area contributed by atoms with Crippen molar-refractivity contribution in [2.24, 2.45) is 5.41 Å². The van der Waals surface area contributed by atoms with E-state index in [9.17, 15) is 13.6 Å². The first kappa shape index (κ1) is 22.1. The molecule has 0 atom stereocenters. The van der Waals surface area contributed by atoms with Crippen LogP contribution in [0.3, 0.4) is 0 Å². The lowest BCUT2D eigenvalue weighted by molar-refractivity contribution is -0.136. The zero-order valence-electron chi connectivity index (χ0n) is 17.8. The fourth-order valence-electron chi connectivity index (χ4n) is 4.21. The Morgan fingerprint density at radius 1 is 0.969 bits per heavy atom. The molecule has 1 amide bonds. The Labute approximate surface area is 186 Å². The van der Waals surface area contributed by atoms with Gasteiger partial charge in [0.1, 0.15) is 0 Å². The standard InChI is InChI=1S/C26H26F2N2O2/c27-23-8-7-21(17-24(23)28)20-5-3-4-19(16-20)18-26(10-14-32-15-11-26)25(31)30-13-9-22-6-1-2-12-29-22/h1-8,12,16-17H,9-11,13-15,18H2,(H,30,31). The SMILES string of the molecule is O=C(NCCc1ccccn1)C1(Cc2cccc(-c3ccc(F)c(F)c3)c2)CCOCC1. The highest BCUT2D eigenvalue weighted by atomic mass is 19.2. The number of aromatic nitrogens is 1. The van der Waals surface area contributed by atoms with Gasteiger partial charge in [0.15, 0.2) is 11.6 Å². The normalized spacial score (nSPS) is 15.3. The van der Waals surface area contributed by atoms with Gasteiger partial charge in [0.05, 0.1) is 5.41 Å². The van der Waals surface area contributed by atoms with Gasteiger partial charge in [0.25, 0.3) is 0 Å². The van der Waals surface area contributed by atoms with Crippen molar-refractivity contribution in [3.8, 4) is 11.1 Å². The summed E-state index contributed by atoms with van der Waals surface area (Å²) in [7, 11) is 0. The number of hydrogen-bond acceptors (Lipinski definition) is 3. The van der Waals surface area contributed by atoms with Gasteiger partial charge in [-0.05, 0) is 60.2 Å². The number of pyridine rings is 1. The van der Waals surface area contributed by atoms with Crippen LogP contribution in [0.4, 0.5) is 8.78 Å². The molecule has 2 aromatic carbocycles. The number of nitrogens with one attached hydrogen (secondary N) is 1. The summed E-state index contributed by atoms with van der Waals surface area (Å²) in [5.41, 5.74) is 2.75. The molecular formula is C26H26F2N2O2. The topological polar surface area (TPSA) is 51.2 Å². The Kier molecular flexibility index (Phi) is 6.90. The third-order valence-corrected chi connectivity index (χ3v) is 6.05. The number of ether oxygens (including phenoxy) is 1. The largest absolute Gasteiger partial charge is 0.381 e. The smallest absolute Gasteiger partial charge is 0.226 e. The van der Waals surface area contributed by atoms with Crippen LogP contribution in [0.15, 0.2) is 66.9 Å². The summed E-state index contributed by atoms with van der Waals surface area (Å²) < 4.78 is 32.6. The second-order valence-corrected chi connectivity index (χ2v) is 8.23. The van der Waals surface area contributed by atoms with Crippen molar-refractivity contribution in [2.45, 2.75) is 25.7 Å². The number of halogens is 2. The summed E-state index contributed by atoms with van der Waals surface area (Å²) in [5, 5.41) is 3.10. The maximum absolute atomic E-state index is 13.7. The lowest BCUT2D eigenvalue weighted by Crippen LogP contribution is -2.46. The molecule has 1 fully saturated rings. The molecule has 1 saturated heterocycles. The molecule has 4 nitrogen and oxygen atoms in total. The molecule has 166 valence electrons. The van der Waals surface area contributed by atoms with Crippen LogP contribution in [0.2, 0.25) is 0 Å². The Hall–Kier alpha value is -3.12. The Morgan fingerprint density at radius 3 is 2.53 bits per heavy atom. The zero-order chi connectivity index (χ0) is 22.4. The van der Waals surface area contributed by atoms with Crippen LogP contribution in [-0.4, -0.2) is 30.6 Å². The molecule has 3 aromatic rings. The predicted octanol–water partition coefficient (Wildman–Crippen LogP) is 4.73. The summed E-state index contributed by atoms with van der Waals surface area (Å²) in [6.45, 7) is 1.60. The molecule has 0 saturated carbocycles. The van der Waals surface area contributed by atoms with E-state index in [0.29, 0.717) is 51.0 Å². The fraction of sp³-hybridized carbons (Fsp3) is 0.308. The highest BCUT2D eigenvalue weighted by Crippen LogP contribution is 2.36. The molecule has 2 heterocycles. The van der Waals surface area contributed by atoms with Crippen molar-refractivity contribution in [3.05, 3.63) is 89.8 Å². The number of amides is 1. The van der Waals surface area contributed by atoms with E-state index in [-0.39, 0.29) is 5.91 Å². The molecule has 0 bridgehead atoms. The van der Waals surface area contributed by atoms with Crippen LogP contribution in [0, 0.1) is 17.0 Å². The minimum atomic E-state index is -0.874. The van der Waals surface area contributed by atoms with E-state index in [4.69, 9.17) is 4.74 Å². The maximum Gasteiger partial charge on any atom is 0.226 e. The molecule has 4 rings (SSSR count). The Bertz CT molecular complexity index is 1070. The molecule has 32 heavy (non-hydrogen) atoms. The molecule has 0 spiro atoms. The van der Waals surface area contributed by atoms with Crippen molar-refractivity contribution >= 4 is 5.91 Å². The fourth-order valence-corrected chi connectivity index (χ4v) is 4.21. The monoisotopic (exact) mass is 436 g/mol. The molecule has 1 aliphatic heterocycles. The minimum absolute atomic E-state index is 0.0231. The van der Waals surface area contributed by atoms with E-state index in [0.717, 1.165) is 22.9 Å². The van der Waals surface area contributed by atoms with Crippen molar-refractivity contribution in [1.82, 2.24) is 10.3 Å². The quantitative estimate of drug-likeness (QED) is 0.583. The molecule has 0 unspecified atom stereocenters. The average molecular weight is 437 g/mol. The van der Waals surface area contributed by atoms with Gasteiger partial charge in [0.2, 0.25) is 5.91 Å². The van der Waals surface area contributed by atoms with Crippen LogP contribution >= 0.6 is 0 Å². The summed E-state index contributed by atoms with van der Waals surface area (Å²) in [6, 6.07) is 17.3. The Balaban J connectivity index is 1.49. The van der Waals surface area contributed by atoms with E-state index >= 15 is 0 Å². The number of nitrogens with zero attached hydrogens (tertiary/aromatic N) is 1. The van der Waals surface area contributed by atoms with E-state index in [2.05, 4.69) is 10.3 Å². The van der Waals surface area contributed by atoms with Gasteiger partial charge in [-0.3, -0.25) is 9.78 Å². The number of carbonyl (C=O) groups excluding carboxylic acids is 1.